The number of nitrogens with one attached hydrogen (secondary N) is 1. The van der Waals surface area contributed by atoms with Gasteiger partial charge < -0.3 is 5.73 Å². The van der Waals surface area contributed by atoms with Crippen LogP contribution in [0, 0.1) is 5.92 Å². The molecule has 1 aliphatic rings. The van der Waals surface area contributed by atoms with E-state index in [4.69, 9.17) is 5.73 Å². The smallest absolute Gasteiger partial charge is 0.0824 e. The molecule has 1 atom stereocenters. The van der Waals surface area contributed by atoms with Crippen molar-refractivity contribution < 1.29 is 0 Å². The minimum Gasteiger partial charge on any atom is -0.323 e. The van der Waals surface area contributed by atoms with Gasteiger partial charge in [-0.2, -0.15) is 5.10 Å². The number of fused-ring (bicyclic) bond motifs is 1. The van der Waals surface area contributed by atoms with Gasteiger partial charge in [-0.25, -0.2) is 0 Å². The molecule has 3 heteroatoms. The van der Waals surface area contributed by atoms with Crippen LogP contribution in [-0.2, 0) is 12.8 Å². The Morgan fingerprint density at radius 2 is 2.21 bits per heavy atom. The molecule has 78 valence electrons. The van der Waals surface area contributed by atoms with Crippen LogP contribution in [0.1, 0.15) is 49.7 Å². The first-order valence-electron chi connectivity index (χ1n) is 5.50. The lowest BCUT2D eigenvalue weighted by Crippen LogP contribution is -2.14. The van der Waals surface area contributed by atoms with Gasteiger partial charge in [0.15, 0.2) is 0 Å². The first kappa shape index (κ1) is 9.71. The highest BCUT2D eigenvalue weighted by atomic mass is 15.1. The minimum atomic E-state index is 0.119. The highest BCUT2D eigenvalue weighted by Crippen LogP contribution is 2.28. The quantitative estimate of drug-likeness (QED) is 0.770. The van der Waals surface area contributed by atoms with Gasteiger partial charge in [0.25, 0.3) is 0 Å². The van der Waals surface area contributed by atoms with Crippen molar-refractivity contribution in [2.75, 3.05) is 0 Å². The fourth-order valence-electron chi connectivity index (χ4n) is 2.27. The summed E-state index contributed by atoms with van der Waals surface area (Å²) in [4.78, 5) is 0. The lowest BCUT2D eigenvalue weighted by molar-refractivity contribution is 0.499. The molecule has 0 bridgehead atoms. The zero-order valence-corrected chi connectivity index (χ0v) is 9.01. The third-order valence-corrected chi connectivity index (χ3v) is 2.91. The van der Waals surface area contributed by atoms with Crippen LogP contribution in [0.25, 0.3) is 0 Å². The van der Waals surface area contributed by atoms with Crippen molar-refractivity contribution in [3.8, 4) is 0 Å². The Morgan fingerprint density at radius 3 is 2.93 bits per heavy atom. The molecule has 2 rings (SSSR count). The second kappa shape index (κ2) is 3.73. The fraction of sp³-hybridized carbons (Fsp3) is 0.727. The maximum Gasteiger partial charge on any atom is 0.0824 e. The summed E-state index contributed by atoms with van der Waals surface area (Å²) in [6.07, 6.45) is 4.59. The monoisotopic (exact) mass is 193 g/mol. The van der Waals surface area contributed by atoms with Gasteiger partial charge in [0.2, 0.25) is 0 Å². The van der Waals surface area contributed by atoms with E-state index in [1.807, 2.05) is 0 Å². The fourth-order valence-corrected chi connectivity index (χ4v) is 2.27. The summed E-state index contributed by atoms with van der Waals surface area (Å²) in [5.41, 5.74) is 9.97. The van der Waals surface area contributed by atoms with Crippen LogP contribution in [0.15, 0.2) is 0 Å². The first-order valence-corrected chi connectivity index (χ1v) is 5.50. The molecule has 0 aromatic carbocycles. The third-order valence-electron chi connectivity index (χ3n) is 2.91. The van der Waals surface area contributed by atoms with Gasteiger partial charge in [0.1, 0.15) is 0 Å². The summed E-state index contributed by atoms with van der Waals surface area (Å²) in [5, 5.41) is 7.45. The predicted molar refractivity (Wildman–Crippen MR) is 57.0 cm³/mol. The lowest BCUT2D eigenvalue weighted by Gasteiger charge is -2.12. The number of hydrogen-bond acceptors (Lipinski definition) is 2. The number of nitrogens with zero attached hydrogens (tertiary/aromatic N) is 1. The molecule has 1 aromatic rings. The number of nitrogens with two attached hydrogens (primary N) is 1. The molecule has 14 heavy (non-hydrogen) atoms. The average Bonchev–Trinajstić information content (AvgIpc) is 2.59. The zero-order chi connectivity index (χ0) is 10.1. The van der Waals surface area contributed by atoms with Crippen molar-refractivity contribution in [3.63, 3.8) is 0 Å². The van der Waals surface area contributed by atoms with E-state index in [2.05, 4.69) is 24.0 Å². The molecular formula is C11H19N3. The van der Waals surface area contributed by atoms with Gasteiger partial charge in [-0.1, -0.05) is 13.8 Å². The summed E-state index contributed by atoms with van der Waals surface area (Å²) in [6.45, 7) is 4.40. The first-order chi connectivity index (χ1) is 6.68. The van der Waals surface area contributed by atoms with Crippen LogP contribution in [0.3, 0.4) is 0 Å². The number of rotatable bonds is 3. The van der Waals surface area contributed by atoms with Gasteiger partial charge in [-0.15, -0.1) is 0 Å². The number of H-pyrrole nitrogens is 1. The van der Waals surface area contributed by atoms with E-state index >= 15 is 0 Å². The zero-order valence-electron chi connectivity index (χ0n) is 9.01. The highest BCUT2D eigenvalue weighted by Gasteiger charge is 2.22. The second-order valence-electron chi connectivity index (χ2n) is 4.66. The van der Waals surface area contributed by atoms with Crippen LogP contribution in [0.2, 0.25) is 0 Å². The number of aryl methyl sites for hydroxylation is 1. The average molecular weight is 193 g/mol. The van der Waals surface area contributed by atoms with Crippen molar-refractivity contribution in [3.05, 3.63) is 17.0 Å². The van der Waals surface area contributed by atoms with E-state index in [1.54, 1.807) is 0 Å². The number of aromatic amines is 1. The van der Waals surface area contributed by atoms with Gasteiger partial charge in [-0.3, -0.25) is 5.10 Å². The maximum absolute atomic E-state index is 6.13. The second-order valence-corrected chi connectivity index (χ2v) is 4.66. The molecular weight excluding hydrogens is 174 g/mol. The van der Waals surface area contributed by atoms with E-state index in [0.717, 1.165) is 25.0 Å². The van der Waals surface area contributed by atoms with Crippen molar-refractivity contribution in [1.82, 2.24) is 10.2 Å². The van der Waals surface area contributed by atoms with E-state index in [-0.39, 0.29) is 6.04 Å². The summed E-state index contributed by atoms with van der Waals surface area (Å²) in [5.74, 6) is 0.638. The predicted octanol–water partition coefficient (Wildman–Crippen LogP) is 1.94. The van der Waals surface area contributed by atoms with Crippen LogP contribution >= 0.6 is 0 Å². The number of aromatic nitrogens is 2. The molecule has 0 radical (unpaired) electrons. The van der Waals surface area contributed by atoms with Crippen molar-refractivity contribution >= 4 is 0 Å². The molecule has 0 unspecified atom stereocenters. The maximum atomic E-state index is 6.13. The van der Waals surface area contributed by atoms with Gasteiger partial charge in [-0.05, 0) is 37.2 Å². The molecule has 3 nitrogen and oxygen atoms in total. The molecule has 0 saturated heterocycles. The van der Waals surface area contributed by atoms with Crippen molar-refractivity contribution in [1.29, 1.82) is 0 Å². The Hall–Kier alpha value is -0.830. The van der Waals surface area contributed by atoms with Crippen molar-refractivity contribution in [2.45, 2.75) is 45.6 Å². The summed E-state index contributed by atoms with van der Waals surface area (Å²) in [6, 6.07) is 0.119. The van der Waals surface area contributed by atoms with Crippen LogP contribution < -0.4 is 5.73 Å². The molecule has 1 aliphatic carbocycles. The van der Waals surface area contributed by atoms with E-state index < -0.39 is 0 Å². The molecule has 3 N–H and O–H groups in total. The Bertz CT molecular complexity index is 314. The van der Waals surface area contributed by atoms with E-state index in [0.29, 0.717) is 5.92 Å². The third kappa shape index (κ3) is 1.69. The Labute approximate surface area is 85.1 Å². The standard InChI is InChI=1S/C11H19N3/c1-7(2)6-9(12)11-8-4-3-5-10(8)13-14-11/h7,9H,3-6,12H2,1-2H3,(H,13,14)/t9-/m1/s1. The van der Waals surface area contributed by atoms with Crippen molar-refractivity contribution in [2.24, 2.45) is 11.7 Å². The number of hydrogen-bond donors (Lipinski definition) is 2. The van der Waals surface area contributed by atoms with Gasteiger partial charge in [0, 0.05) is 11.7 Å². The largest absolute Gasteiger partial charge is 0.323 e. The Kier molecular flexibility index (Phi) is 2.59. The molecule has 0 saturated carbocycles. The molecule has 0 fully saturated rings. The van der Waals surface area contributed by atoms with Crippen LogP contribution in [-0.4, -0.2) is 10.2 Å². The summed E-state index contributed by atoms with van der Waals surface area (Å²) < 4.78 is 0. The van der Waals surface area contributed by atoms with Gasteiger partial charge in [0.05, 0.1) is 5.69 Å². The molecule has 0 spiro atoms. The summed E-state index contributed by atoms with van der Waals surface area (Å²) in [7, 11) is 0. The molecule has 0 aliphatic heterocycles. The van der Waals surface area contributed by atoms with Crippen LogP contribution in [0.4, 0.5) is 0 Å². The minimum absolute atomic E-state index is 0.119. The summed E-state index contributed by atoms with van der Waals surface area (Å²) >= 11 is 0. The Balaban J connectivity index is 2.16. The molecule has 0 amide bonds. The van der Waals surface area contributed by atoms with E-state index in [1.165, 1.54) is 17.7 Å². The molecule has 1 aromatic heterocycles. The van der Waals surface area contributed by atoms with E-state index in [9.17, 15) is 0 Å². The lowest BCUT2D eigenvalue weighted by atomic mass is 9.99. The SMILES string of the molecule is CC(C)C[C@@H](N)c1n[nH]c2c1CCC2. The van der Waals surface area contributed by atoms with Gasteiger partial charge >= 0.3 is 0 Å². The molecule has 1 heterocycles. The normalized spacial score (nSPS) is 17.4. The highest BCUT2D eigenvalue weighted by molar-refractivity contribution is 5.31. The topological polar surface area (TPSA) is 54.7 Å². The Morgan fingerprint density at radius 1 is 1.43 bits per heavy atom. The van der Waals surface area contributed by atoms with Crippen LogP contribution in [0.5, 0.6) is 0 Å².